The van der Waals surface area contributed by atoms with Crippen LogP contribution in [0.25, 0.3) is 22.3 Å². The van der Waals surface area contributed by atoms with Gasteiger partial charge in [-0.2, -0.15) is 10.1 Å². The van der Waals surface area contributed by atoms with Crippen molar-refractivity contribution in [2.24, 2.45) is 5.10 Å². The summed E-state index contributed by atoms with van der Waals surface area (Å²) in [5.41, 5.74) is 4.63. The van der Waals surface area contributed by atoms with Crippen LogP contribution in [0.4, 0.5) is 21.7 Å². The average Bonchev–Trinajstić information content (AvgIpc) is 3.35. The van der Waals surface area contributed by atoms with E-state index in [2.05, 4.69) is 40.8 Å². The standard InChI is InChI=1S/C19H12FN7O2/c20-12-5-7-13(8-6-12)22-16-17(24-19-18(23-16)26-29-27-19)25-21-10-14-9-11-3-1-2-4-15(11)28-14/h1-10H,(H,22,23,26)(H,24,25,27)/b21-10+. The monoisotopic (exact) mass is 389 g/mol. The van der Waals surface area contributed by atoms with Crippen molar-refractivity contribution in [3.8, 4) is 0 Å². The molecule has 0 spiro atoms. The number of para-hydroxylation sites is 1. The molecule has 0 radical (unpaired) electrons. The van der Waals surface area contributed by atoms with Crippen LogP contribution < -0.4 is 10.7 Å². The Bertz CT molecular complexity index is 1290. The second-order valence-corrected chi connectivity index (χ2v) is 6.02. The summed E-state index contributed by atoms with van der Waals surface area (Å²) in [6.07, 6.45) is 1.52. The number of anilines is 3. The number of halogens is 1. The van der Waals surface area contributed by atoms with Crippen LogP contribution in [0.2, 0.25) is 0 Å². The van der Waals surface area contributed by atoms with E-state index in [9.17, 15) is 4.39 Å². The highest BCUT2D eigenvalue weighted by molar-refractivity contribution is 5.87. The molecule has 0 fully saturated rings. The lowest BCUT2D eigenvalue weighted by Crippen LogP contribution is -2.03. The molecule has 0 aliphatic rings. The quantitative estimate of drug-likeness (QED) is 0.341. The summed E-state index contributed by atoms with van der Waals surface area (Å²) in [4.78, 5) is 8.62. The molecule has 5 rings (SSSR count). The third-order valence-corrected chi connectivity index (χ3v) is 4.03. The minimum atomic E-state index is -0.341. The Hall–Kier alpha value is -4.34. The van der Waals surface area contributed by atoms with Crippen LogP contribution in [-0.2, 0) is 0 Å². The normalized spacial score (nSPS) is 11.5. The number of benzene rings is 2. The number of fused-ring (bicyclic) bond motifs is 2. The maximum absolute atomic E-state index is 13.1. The number of nitrogens with one attached hydrogen (secondary N) is 2. The molecule has 3 aromatic heterocycles. The van der Waals surface area contributed by atoms with E-state index in [1.54, 1.807) is 12.1 Å². The third-order valence-electron chi connectivity index (χ3n) is 4.03. The van der Waals surface area contributed by atoms with Gasteiger partial charge in [-0.05, 0) is 46.7 Å². The van der Waals surface area contributed by atoms with Crippen LogP contribution in [0, 0.1) is 5.82 Å². The molecule has 10 heteroatoms. The minimum absolute atomic E-state index is 0.219. The molecule has 0 bridgehead atoms. The molecule has 0 unspecified atom stereocenters. The first-order valence-electron chi connectivity index (χ1n) is 8.55. The van der Waals surface area contributed by atoms with Gasteiger partial charge in [0.1, 0.15) is 17.2 Å². The Labute approximate surface area is 162 Å². The van der Waals surface area contributed by atoms with E-state index in [0.717, 1.165) is 11.0 Å². The molecule has 5 aromatic rings. The molecule has 0 atom stereocenters. The molecule has 2 aromatic carbocycles. The van der Waals surface area contributed by atoms with Crippen molar-refractivity contribution in [3.63, 3.8) is 0 Å². The SMILES string of the molecule is Fc1ccc(Nc2nc3nonc3nc2N/N=C/c2cc3ccccc3o2)cc1. The van der Waals surface area contributed by atoms with Gasteiger partial charge in [-0.25, -0.2) is 14.0 Å². The molecular weight excluding hydrogens is 377 g/mol. The number of hydrogen-bond donors (Lipinski definition) is 2. The number of rotatable bonds is 5. The Morgan fingerprint density at radius 3 is 2.48 bits per heavy atom. The van der Waals surface area contributed by atoms with Crippen LogP contribution in [0.3, 0.4) is 0 Å². The molecule has 0 amide bonds. The van der Waals surface area contributed by atoms with Gasteiger partial charge >= 0.3 is 0 Å². The van der Waals surface area contributed by atoms with E-state index in [1.165, 1.54) is 18.3 Å². The summed E-state index contributed by atoms with van der Waals surface area (Å²) in [6.45, 7) is 0. The van der Waals surface area contributed by atoms with Crippen LogP contribution in [-0.4, -0.2) is 26.5 Å². The summed E-state index contributed by atoms with van der Waals surface area (Å²) < 4.78 is 23.5. The van der Waals surface area contributed by atoms with Gasteiger partial charge in [0.2, 0.25) is 11.3 Å². The number of hydrogen-bond acceptors (Lipinski definition) is 9. The maximum atomic E-state index is 13.1. The number of furan rings is 1. The summed E-state index contributed by atoms with van der Waals surface area (Å²) >= 11 is 0. The van der Waals surface area contributed by atoms with Crippen molar-refractivity contribution < 1.29 is 13.4 Å². The molecule has 9 nitrogen and oxygen atoms in total. The van der Waals surface area contributed by atoms with Crippen molar-refractivity contribution in [2.45, 2.75) is 0 Å². The van der Waals surface area contributed by atoms with Gasteiger partial charge < -0.3 is 9.73 Å². The smallest absolute Gasteiger partial charge is 0.245 e. The van der Waals surface area contributed by atoms with Crippen LogP contribution in [0.15, 0.2) is 68.7 Å². The summed E-state index contributed by atoms with van der Waals surface area (Å²) in [7, 11) is 0. The van der Waals surface area contributed by atoms with E-state index in [-0.39, 0.29) is 22.9 Å². The highest BCUT2D eigenvalue weighted by Gasteiger charge is 2.13. The first kappa shape index (κ1) is 16.8. The second kappa shape index (κ2) is 7.00. The van der Waals surface area contributed by atoms with Crippen molar-refractivity contribution in [2.75, 3.05) is 10.7 Å². The minimum Gasteiger partial charge on any atom is -0.455 e. The highest BCUT2D eigenvalue weighted by atomic mass is 19.1. The largest absolute Gasteiger partial charge is 0.455 e. The Morgan fingerprint density at radius 2 is 1.69 bits per heavy atom. The van der Waals surface area contributed by atoms with Crippen LogP contribution in [0.5, 0.6) is 0 Å². The van der Waals surface area contributed by atoms with E-state index in [4.69, 9.17) is 4.42 Å². The summed E-state index contributed by atoms with van der Waals surface area (Å²) in [5, 5.41) is 15.6. The van der Waals surface area contributed by atoms with Crippen molar-refractivity contribution in [1.29, 1.82) is 0 Å². The number of hydrazone groups is 1. The van der Waals surface area contributed by atoms with Gasteiger partial charge in [0, 0.05) is 11.1 Å². The van der Waals surface area contributed by atoms with E-state index < -0.39 is 0 Å². The Morgan fingerprint density at radius 1 is 0.931 bits per heavy atom. The zero-order valence-electron chi connectivity index (χ0n) is 14.7. The van der Waals surface area contributed by atoms with Gasteiger partial charge in [0.15, 0.2) is 11.6 Å². The molecule has 0 saturated carbocycles. The number of nitrogens with zero attached hydrogens (tertiary/aromatic N) is 5. The Kier molecular flexibility index (Phi) is 4.06. The predicted molar refractivity (Wildman–Crippen MR) is 105 cm³/mol. The van der Waals surface area contributed by atoms with E-state index in [0.29, 0.717) is 17.3 Å². The summed E-state index contributed by atoms with van der Waals surface area (Å²) in [5.74, 6) is 0.835. The van der Waals surface area contributed by atoms with Crippen molar-refractivity contribution >= 4 is 45.8 Å². The average molecular weight is 389 g/mol. The molecule has 0 aliphatic heterocycles. The lowest BCUT2D eigenvalue weighted by atomic mass is 10.2. The van der Waals surface area contributed by atoms with E-state index in [1.807, 2.05) is 30.3 Å². The highest BCUT2D eigenvalue weighted by Crippen LogP contribution is 2.24. The first-order chi connectivity index (χ1) is 14.2. The zero-order chi connectivity index (χ0) is 19.6. The molecule has 29 heavy (non-hydrogen) atoms. The van der Waals surface area contributed by atoms with E-state index >= 15 is 0 Å². The van der Waals surface area contributed by atoms with Crippen molar-refractivity contribution in [3.05, 3.63) is 66.2 Å². The predicted octanol–water partition coefficient (Wildman–Crippen LogP) is 4.09. The molecular formula is C19H12FN7O2. The maximum Gasteiger partial charge on any atom is 0.245 e. The first-order valence-corrected chi connectivity index (χ1v) is 8.55. The topological polar surface area (TPSA) is 114 Å². The van der Waals surface area contributed by atoms with Gasteiger partial charge in [0.05, 0.1) is 6.21 Å². The van der Waals surface area contributed by atoms with Gasteiger partial charge in [-0.3, -0.25) is 5.43 Å². The number of aromatic nitrogens is 4. The van der Waals surface area contributed by atoms with Crippen molar-refractivity contribution in [1.82, 2.24) is 20.3 Å². The van der Waals surface area contributed by atoms with Crippen LogP contribution >= 0.6 is 0 Å². The lowest BCUT2D eigenvalue weighted by molar-refractivity contribution is 0.314. The fourth-order valence-electron chi connectivity index (χ4n) is 2.70. The molecule has 142 valence electrons. The van der Waals surface area contributed by atoms with Gasteiger partial charge in [-0.15, -0.1) is 0 Å². The fourth-order valence-corrected chi connectivity index (χ4v) is 2.70. The molecule has 2 N–H and O–H groups in total. The van der Waals surface area contributed by atoms with Gasteiger partial charge in [-0.1, -0.05) is 18.2 Å². The zero-order valence-corrected chi connectivity index (χ0v) is 14.7. The van der Waals surface area contributed by atoms with Crippen LogP contribution in [0.1, 0.15) is 5.76 Å². The fraction of sp³-hybridized carbons (Fsp3) is 0. The molecule has 3 heterocycles. The molecule has 0 saturated heterocycles. The van der Waals surface area contributed by atoms with Gasteiger partial charge in [0.25, 0.3) is 0 Å². The second-order valence-electron chi connectivity index (χ2n) is 6.02. The summed E-state index contributed by atoms with van der Waals surface area (Å²) in [6, 6.07) is 15.3. The third kappa shape index (κ3) is 3.46. The Balaban J connectivity index is 1.43. The lowest BCUT2D eigenvalue weighted by Gasteiger charge is -2.09. The molecule has 0 aliphatic carbocycles.